The number of nitrogens with zero attached hydrogens (tertiary/aromatic N) is 2. The van der Waals surface area contributed by atoms with Crippen molar-refractivity contribution in [3.05, 3.63) is 72.6 Å². The lowest BCUT2D eigenvalue weighted by molar-refractivity contribution is -0.128. The normalized spacial score (nSPS) is 19.3. The van der Waals surface area contributed by atoms with Gasteiger partial charge in [-0.1, -0.05) is 36.4 Å². The van der Waals surface area contributed by atoms with Gasteiger partial charge >= 0.3 is 0 Å². The van der Waals surface area contributed by atoms with E-state index in [2.05, 4.69) is 57.7 Å². The third-order valence-electron chi connectivity index (χ3n) is 5.73. The predicted molar refractivity (Wildman–Crippen MR) is 121 cm³/mol. The Morgan fingerprint density at radius 1 is 1.13 bits per heavy atom. The average molecular weight is 420 g/mol. The third kappa shape index (κ3) is 5.81. The number of ether oxygens (including phenoxy) is 1. The van der Waals surface area contributed by atoms with Gasteiger partial charge in [-0.2, -0.15) is 0 Å². The molecule has 1 aliphatic heterocycles. The van der Waals surface area contributed by atoms with Crippen molar-refractivity contribution >= 4 is 16.7 Å². The summed E-state index contributed by atoms with van der Waals surface area (Å²) < 4.78 is 5.95. The fourth-order valence-corrected chi connectivity index (χ4v) is 4.31. The summed E-state index contributed by atoms with van der Waals surface area (Å²) in [6.45, 7) is 3.15. The summed E-state index contributed by atoms with van der Waals surface area (Å²) in [5, 5.41) is 14.4. The van der Waals surface area contributed by atoms with Crippen molar-refractivity contribution in [3.63, 3.8) is 0 Å². The van der Waals surface area contributed by atoms with E-state index in [1.54, 1.807) is 12.4 Å². The van der Waals surface area contributed by atoms with Gasteiger partial charge in [0.15, 0.2) is 0 Å². The zero-order chi connectivity index (χ0) is 21.5. The number of carbonyl (C=O) groups is 1. The van der Waals surface area contributed by atoms with Crippen LogP contribution in [0.1, 0.15) is 12.0 Å². The number of pyridine rings is 1. The molecular weight excluding hydrogens is 390 g/mol. The van der Waals surface area contributed by atoms with Crippen LogP contribution in [0, 0.1) is 11.8 Å². The molecule has 0 bridgehead atoms. The van der Waals surface area contributed by atoms with Gasteiger partial charge in [0.2, 0.25) is 5.91 Å². The smallest absolute Gasteiger partial charge is 0.224 e. The van der Waals surface area contributed by atoms with Gasteiger partial charge in [0.25, 0.3) is 0 Å². The number of benzene rings is 2. The number of amides is 1. The summed E-state index contributed by atoms with van der Waals surface area (Å²) in [6, 6.07) is 18.7. The van der Waals surface area contributed by atoms with Crippen LogP contribution in [0.15, 0.2) is 67.0 Å². The first-order chi connectivity index (χ1) is 15.2. The topological polar surface area (TPSA) is 74.7 Å². The minimum atomic E-state index is -0.122. The maximum atomic E-state index is 12.6. The Balaban J connectivity index is 1.45. The van der Waals surface area contributed by atoms with Crippen LogP contribution < -0.4 is 10.1 Å². The van der Waals surface area contributed by atoms with Crippen LogP contribution in [-0.4, -0.2) is 53.7 Å². The second-order valence-corrected chi connectivity index (χ2v) is 8.19. The van der Waals surface area contributed by atoms with E-state index in [0.717, 1.165) is 25.3 Å². The van der Waals surface area contributed by atoms with Gasteiger partial charge in [0, 0.05) is 38.3 Å². The first kappa shape index (κ1) is 21.3. The molecule has 162 valence electrons. The van der Waals surface area contributed by atoms with Gasteiger partial charge in [-0.25, -0.2) is 0 Å². The summed E-state index contributed by atoms with van der Waals surface area (Å²) in [4.78, 5) is 19.1. The fourth-order valence-electron chi connectivity index (χ4n) is 4.31. The second-order valence-electron chi connectivity index (χ2n) is 8.19. The molecule has 1 saturated heterocycles. The number of aliphatic hydroxyl groups excluding tert-OH is 1. The number of rotatable bonds is 8. The minimum Gasteiger partial charge on any atom is -0.492 e. The molecule has 6 heteroatoms. The number of nitrogens with one attached hydrogen (secondary N) is 1. The Kier molecular flexibility index (Phi) is 7.12. The Bertz CT molecular complexity index is 995. The monoisotopic (exact) mass is 419 g/mol. The van der Waals surface area contributed by atoms with Crippen LogP contribution in [0.5, 0.6) is 5.75 Å². The molecule has 4 rings (SSSR count). The molecule has 31 heavy (non-hydrogen) atoms. The first-order valence-corrected chi connectivity index (χ1v) is 10.8. The number of piperidine rings is 1. The van der Waals surface area contributed by atoms with Gasteiger partial charge < -0.3 is 15.2 Å². The Morgan fingerprint density at radius 3 is 2.81 bits per heavy atom. The fraction of sp³-hybridized carbons (Fsp3) is 0.360. The lowest BCUT2D eigenvalue weighted by Crippen LogP contribution is -2.47. The Hall–Kier alpha value is -2.96. The van der Waals surface area contributed by atoms with Gasteiger partial charge in [-0.15, -0.1) is 0 Å². The van der Waals surface area contributed by atoms with Crippen molar-refractivity contribution in [2.45, 2.75) is 13.0 Å². The molecule has 2 aromatic carbocycles. The Labute approximate surface area is 182 Å². The van der Waals surface area contributed by atoms with E-state index in [0.29, 0.717) is 13.2 Å². The molecule has 6 nitrogen and oxygen atoms in total. The molecule has 0 radical (unpaired) electrons. The molecule has 1 aliphatic rings. The maximum absolute atomic E-state index is 12.6. The van der Waals surface area contributed by atoms with Gasteiger partial charge in [0.1, 0.15) is 5.75 Å². The average Bonchev–Trinajstić information content (AvgIpc) is 2.81. The molecule has 2 N–H and O–H groups in total. The minimum absolute atomic E-state index is 0.00337. The largest absolute Gasteiger partial charge is 0.492 e. The van der Waals surface area contributed by atoms with Crippen molar-refractivity contribution in [2.24, 2.45) is 11.8 Å². The van der Waals surface area contributed by atoms with Gasteiger partial charge in [0.05, 0.1) is 25.3 Å². The van der Waals surface area contributed by atoms with Gasteiger partial charge in [-0.05, 0) is 41.0 Å². The summed E-state index contributed by atoms with van der Waals surface area (Å²) in [5.74, 6) is 0.863. The van der Waals surface area contributed by atoms with Crippen molar-refractivity contribution < 1.29 is 14.6 Å². The molecule has 1 amide bonds. The van der Waals surface area contributed by atoms with E-state index in [1.807, 2.05) is 12.1 Å². The third-order valence-corrected chi connectivity index (χ3v) is 5.73. The number of fused-ring (bicyclic) bond motifs is 1. The molecule has 0 saturated carbocycles. The predicted octanol–water partition coefficient (Wildman–Crippen LogP) is 2.86. The van der Waals surface area contributed by atoms with Crippen molar-refractivity contribution in [1.82, 2.24) is 15.2 Å². The molecule has 0 spiro atoms. The maximum Gasteiger partial charge on any atom is 0.224 e. The van der Waals surface area contributed by atoms with Crippen molar-refractivity contribution in [2.75, 3.05) is 32.8 Å². The van der Waals surface area contributed by atoms with E-state index in [-0.39, 0.29) is 30.9 Å². The molecule has 1 fully saturated rings. The van der Waals surface area contributed by atoms with Crippen molar-refractivity contribution in [3.8, 4) is 5.75 Å². The van der Waals surface area contributed by atoms with Crippen molar-refractivity contribution in [1.29, 1.82) is 0 Å². The number of likely N-dealkylation sites (tertiary alicyclic amines) is 1. The lowest BCUT2D eigenvalue weighted by atomic mass is 9.88. The zero-order valence-electron chi connectivity index (χ0n) is 17.6. The summed E-state index contributed by atoms with van der Waals surface area (Å²) in [6.07, 6.45) is 4.20. The zero-order valence-corrected chi connectivity index (χ0v) is 17.6. The number of aromatic nitrogens is 1. The molecule has 3 aromatic rings. The molecule has 0 unspecified atom stereocenters. The van der Waals surface area contributed by atoms with Crippen LogP contribution in [-0.2, 0) is 11.3 Å². The highest BCUT2D eigenvalue weighted by Crippen LogP contribution is 2.26. The molecule has 2 heterocycles. The lowest BCUT2D eigenvalue weighted by Gasteiger charge is -2.37. The highest BCUT2D eigenvalue weighted by Gasteiger charge is 2.32. The summed E-state index contributed by atoms with van der Waals surface area (Å²) >= 11 is 0. The summed E-state index contributed by atoms with van der Waals surface area (Å²) in [5.41, 5.74) is 1.24. The number of hydrogen-bond acceptors (Lipinski definition) is 5. The molecule has 2 atom stereocenters. The Morgan fingerprint density at radius 2 is 2.00 bits per heavy atom. The number of aliphatic hydroxyl groups is 1. The molecule has 1 aromatic heterocycles. The quantitative estimate of drug-likeness (QED) is 0.587. The van der Waals surface area contributed by atoms with E-state index < -0.39 is 0 Å². The molecule has 0 aliphatic carbocycles. The highest BCUT2D eigenvalue weighted by molar-refractivity contribution is 5.83. The number of carbonyl (C=O) groups excluding carboxylic acids is 1. The van der Waals surface area contributed by atoms with Crippen LogP contribution in [0.4, 0.5) is 0 Å². The van der Waals surface area contributed by atoms with Gasteiger partial charge in [-0.3, -0.25) is 14.7 Å². The van der Waals surface area contributed by atoms with E-state index in [9.17, 15) is 4.79 Å². The number of hydrogen-bond donors (Lipinski definition) is 2. The van der Waals surface area contributed by atoms with E-state index in [1.165, 1.54) is 16.3 Å². The van der Waals surface area contributed by atoms with E-state index >= 15 is 0 Å². The van der Waals surface area contributed by atoms with Crippen LogP contribution >= 0.6 is 0 Å². The van der Waals surface area contributed by atoms with Crippen LogP contribution in [0.3, 0.4) is 0 Å². The van der Waals surface area contributed by atoms with Crippen LogP contribution in [0.2, 0.25) is 0 Å². The SMILES string of the molecule is O=C(NCCO)[C@@H]1C[C@H](COc2cccnc2)CN(Cc2ccc3ccccc3c2)C1. The molecular formula is C25H29N3O3. The second kappa shape index (κ2) is 10.4. The highest BCUT2D eigenvalue weighted by atomic mass is 16.5. The van der Waals surface area contributed by atoms with E-state index in [4.69, 9.17) is 9.84 Å². The van der Waals surface area contributed by atoms with Crippen LogP contribution in [0.25, 0.3) is 10.8 Å². The first-order valence-electron chi connectivity index (χ1n) is 10.8. The summed E-state index contributed by atoms with van der Waals surface area (Å²) in [7, 11) is 0. The standard InChI is InChI=1S/C25H29N3O3/c29-11-10-27-25(30)23-13-20(18-31-24-6-3-9-26-14-24)16-28(17-23)15-19-7-8-21-4-1-2-5-22(21)12-19/h1-9,12,14,20,23,29H,10-11,13,15-18H2,(H,27,30)/t20-,23+/m0/s1.